The molecule has 1 aliphatic rings. The molecule has 0 saturated heterocycles. The zero-order valence-electron chi connectivity index (χ0n) is 15.9. The van der Waals surface area contributed by atoms with Crippen LogP contribution in [-0.2, 0) is 20.9 Å². The first-order valence-corrected chi connectivity index (χ1v) is 8.96. The molecule has 29 heavy (non-hydrogen) atoms. The van der Waals surface area contributed by atoms with Gasteiger partial charge in [0.25, 0.3) is 5.91 Å². The quantitative estimate of drug-likeness (QED) is 0.659. The van der Waals surface area contributed by atoms with Gasteiger partial charge < -0.3 is 23.8 Å². The van der Waals surface area contributed by atoms with E-state index in [1.165, 1.54) is 4.90 Å². The van der Waals surface area contributed by atoms with Gasteiger partial charge in [0, 0.05) is 13.6 Å². The van der Waals surface area contributed by atoms with Crippen LogP contribution in [0.5, 0.6) is 17.2 Å². The summed E-state index contributed by atoms with van der Waals surface area (Å²) < 4.78 is 21.2. The van der Waals surface area contributed by atoms with Gasteiger partial charge in [-0.15, -0.1) is 0 Å². The number of fused-ring (bicyclic) bond motifs is 1. The van der Waals surface area contributed by atoms with Gasteiger partial charge in [-0.25, -0.2) is 4.79 Å². The minimum atomic E-state index is -0.657. The molecule has 150 valence electrons. The van der Waals surface area contributed by atoms with Gasteiger partial charge in [0.15, 0.2) is 24.7 Å². The highest BCUT2D eigenvalue weighted by atomic mass is 16.6. The summed E-state index contributed by atoms with van der Waals surface area (Å²) in [5, 5.41) is 8.75. The van der Waals surface area contributed by atoms with Crippen LogP contribution in [-0.4, -0.2) is 50.3 Å². The third-order valence-corrected chi connectivity index (χ3v) is 4.15. The van der Waals surface area contributed by atoms with Crippen LogP contribution in [0.3, 0.4) is 0 Å². The molecule has 0 spiro atoms. The molecule has 2 aromatic carbocycles. The van der Waals surface area contributed by atoms with Crippen LogP contribution in [0.25, 0.3) is 0 Å². The number of hydrogen-bond donors (Lipinski definition) is 0. The number of nitriles is 1. The van der Waals surface area contributed by atoms with Crippen LogP contribution in [0.15, 0.2) is 42.5 Å². The highest BCUT2D eigenvalue weighted by Crippen LogP contribution is 2.31. The lowest BCUT2D eigenvalue weighted by molar-refractivity contribution is -0.153. The van der Waals surface area contributed by atoms with E-state index in [2.05, 4.69) is 0 Å². The first-order valence-electron chi connectivity index (χ1n) is 8.96. The molecule has 3 rings (SSSR count). The maximum Gasteiger partial charge on any atom is 0.344 e. The number of carbonyl (C=O) groups excluding carboxylic acids is 2. The normalized spacial score (nSPS) is 11.9. The molecule has 8 heteroatoms. The van der Waals surface area contributed by atoms with E-state index in [0.717, 1.165) is 5.56 Å². The van der Waals surface area contributed by atoms with Crippen LogP contribution in [0.1, 0.15) is 11.1 Å². The van der Waals surface area contributed by atoms with E-state index in [0.29, 0.717) is 42.6 Å². The van der Waals surface area contributed by atoms with E-state index in [1.54, 1.807) is 31.3 Å². The third kappa shape index (κ3) is 5.62. The summed E-state index contributed by atoms with van der Waals surface area (Å²) in [6.07, 6.45) is 0. The SMILES string of the molecule is CN(Cc1ccc2c(c1)OCCO2)C(=O)COC(=O)COc1ccc(C#N)cc1. The number of carbonyl (C=O) groups is 2. The summed E-state index contributed by atoms with van der Waals surface area (Å²) in [7, 11) is 1.63. The van der Waals surface area contributed by atoms with Gasteiger partial charge in [0.05, 0.1) is 11.6 Å². The molecule has 1 aliphatic heterocycles. The molecular weight excluding hydrogens is 376 g/mol. The largest absolute Gasteiger partial charge is 0.486 e. The van der Waals surface area contributed by atoms with Gasteiger partial charge in [0.2, 0.25) is 0 Å². The molecule has 0 bridgehead atoms. The van der Waals surface area contributed by atoms with E-state index in [9.17, 15) is 9.59 Å². The van der Waals surface area contributed by atoms with Crippen molar-refractivity contribution in [3.05, 3.63) is 53.6 Å². The number of amides is 1. The Bertz CT molecular complexity index is 920. The summed E-state index contributed by atoms with van der Waals surface area (Å²) in [6, 6.07) is 13.8. The highest BCUT2D eigenvalue weighted by Gasteiger charge is 2.16. The zero-order valence-corrected chi connectivity index (χ0v) is 15.9. The summed E-state index contributed by atoms with van der Waals surface area (Å²) in [4.78, 5) is 25.4. The Morgan fingerprint density at radius 2 is 1.79 bits per heavy atom. The van der Waals surface area contributed by atoms with E-state index in [1.807, 2.05) is 24.3 Å². The number of hydrogen-bond acceptors (Lipinski definition) is 7. The summed E-state index contributed by atoms with van der Waals surface area (Å²) in [6.45, 7) is 0.646. The first kappa shape index (κ1) is 20.0. The molecule has 0 aliphatic carbocycles. The molecule has 0 aromatic heterocycles. The van der Waals surface area contributed by atoms with E-state index >= 15 is 0 Å². The fourth-order valence-corrected chi connectivity index (χ4v) is 2.61. The average molecular weight is 396 g/mol. The Kier molecular flexibility index (Phi) is 6.53. The second kappa shape index (κ2) is 9.46. The van der Waals surface area contributed by atoms with Crippen molar-refractivity contribution in [3.8, 4) is 23.3 Å². The molecule has 0 N–H and O–H groups in total. The fraction of sp³-hybridized carbons (Fsp3) is 0.286. The monoisotopic (exact) mass is 396 g/mol. The second-order valence-electron chi connectivity index (χ2n) is 6.31. The summed E-state index contributed by atoms with van der Waals surface area (Å²) in [5.41, 5.74) is 1.37. The van der Waals surface area contributed by atoms with Crippen molar-refractivity contribution in [2.75, 3.05) is 33.5 Å². The third-order valence-electron chi connectivity index (χ3n) is 4.15. The first-order chi connectivity index (χ1) is 14.0. The standard InChI is InChI=1S/C21H20N2O6/c1-23(12-16-4-7-18-19(10-16)27-9-8-26-18)20(24)13-29-21(25)14-28-17-5-2-15(11-22)3-6-17/h2-7,10H,8-9,12-14H2,1H3. The molecule has 1 heterocycles. The van der Waals surface area contributed by atoms with Gasteiger partial charge in [-0.2, -0.15) is 5.26 Å². The minimum absolute atomic E-state index is 0.328. The zero-order chi connectivity index (χ0) is 20.6. The van der Waals surface area contributed by atoms with Gasteiger partial charge in [-0.3, -0.25) is 4.79 Å². The van der Waals surface area contributed by atoms with Crippen LogP contribution >= 0.6 is 0 Å². The number of ether oxygens (including phenoxy) is 4. The molecule has 8 nitrogen and oxygen atoms in total. The van der Waals surface area contributed by atoms with Crippen molar-refractivity contribution in [2.45, 2.75) is 6.54 Å². The molecule has 0 unspecified atom stereocenters. The number of nitrogens with zero attached hydrogens (tertiary/aromatic N) is 2. The van der Waals surface area contributed by atoms with Gasteiger partial charge in [0.1, 0.15) is 19.0 Å². The number of benzene rings is 2. The van der Waals surface area contributed by atoms with Crippen molar-refractivity contribution in [1.82, 2.24) is 4.90 Å². The van der Waals surface area contributed by atoms with Crippen LogP contribution in [0, 0.1) is 11.3 Å². The lowest BCUT2D eigenvalue weighted by atomic mass is 10.2. The van der Waals surface area contributed by atoms with Crippen molar-refractivity contribution >= 4 is 11.9 Å². The lowest BCUT2D eigenvalue weighted by Crippen LogP contribution is -2.31. The Hall–Kier alpha value is -3.73. The second-order valence-corrected chi connectivity index (χ2v) is 6.31. The fourth-order valence-electron chi connectivity index (χ4n) is 2.61. The maximum atomic E-state index is 12.2. The van der Waals surface area contributed by atoms with Crippen LogP contribution < -0.4 is 14.2 Å². The van der Waals surface area contributed by atoms with Gasteiger partial charge >= 0.3 is 5.97 Å². The van der Waals surface area contributed by atoms with Crippen molar-refractivity contribution in [3.63, 3.8) is 0 Å². The molecule has 0 atom stereocenters. The number of esters is 1. The molecule has 0 fully saturated rings. The molecule has 2 aromatic rings. The lowest BCUT2D eigenvalue weighted by Gasteiger charge is -2.21. The predicted octanol–water partition coefficient (Wildman–Crippen LogP) is 1.91. The summed E-state index contributed by atoms with van der Waals surface area (Å²) >= 11 is 0. The Labute approximate surface area is 168 Å². The molecule has 1 amide bonds. The smallest absolute Gasteiger partial charge is 0.344 e. The van der Waals surface area contributed by atoms with E-state index in [4.69, 9.17) is 24.2 Å². The Balaban J connectivity index is 1.42. The van der Waals surface area contributed by atoms with Crippen LogP contribution in [0.2, 0.25) is 0 Å². The molecular formula is C21H20N2O6. The average Bonchev–Trinajstić information content (AvgIpc) is 2.76. The minimum Gasteiger partial charge on any atom is -0.486 e. The topological polar surface area (TPSA) is 98.1 Å². The van der Waals surface area contributed by atoms with Crippen molar-refractivity contribution < 1.29 is 28.5 Å². The maximum absolute atomic E-state index is 12.2. The Morgan fingerprint density at radius 3 is 2.52 bits per heavy atom. The van der Waals surface area contributed by atoms with Crippen LogP contribution in [0.4, 0.5) is 0 Å². The predicted molar refractivity (Wildman–Crippen MR) is 102 cm³/mol. The van der Waals surface area contributed by atoms with Gasteiger partial charge in [-0.1, -0.05) is 6.07 Å². The highest BCUT2D eigenvalue weighted by molar-refractivity contribution is 5.80. The van der Waals surface area contributed by atoms with E-state index < -0.39 is 5.97 Å². The van der Waals surface area contributed by atoms with Crippen molar-refractivity contribution in [2.24, 2.45) is 0 Å². The Morgan fingerprint density at radius 1 is 1.07 bits per heavy atom. The molecule has 0 saturated carbocycles. The van der Waals surface area contributed by atoms with E-state index in [-0.39, 0.29) is 19.1 Å². The number of rotatable bonds is 7. The van der Waals surface area contributed by atoms with Crippen molar-refractivity contribution in [1.29, 1.82) is 5.26 Å². The number of likely N-dealkylation sites (N-methyl/N-ethyl adjacent to an activating group) is 1. The van der Waals surface area contributed by atoms with Gasteiger partial charge in [-0.05, 0) is 42.0 Å². The summed E-state index contributed by atoms with van der Waals surface area (Å²) in [5.74, 6) is 0.774. The molecule has 0 radical (unpaired) electrons.